The molecule has 1 aliphatic rings. The van der Waals surface area contributed by atoms with Gasteiger partial charge in [-0.25, -0.2) is 0 Å². The second-order valence-corrected chi connectivity index (χ2v) is 4.74. The van der Waals surface area contributed by atoms with E-state index in [1.165, 1.54) is 18.4 Å². The summed E-state index contributed by atoms with van der Waals surface area (Å²) >= 11 is 0. The minimum absolute atomic E-state index is 0.0405. The Balaban J connectivity index is 1.93. The van der Waals surface area contributed by atoms with Gasteiger partial charge >= 0.3 is 0 Å². The summed E-state index contributed by atoms with van der Waals surface area (Å²) in [5.41, 5.74) is 1.93. The predicted octanol–water partition coefficient (Wildman–Crippen LogP) is 1.87. The molecule has 1 saturated heterocycles. The number of hydrogen-bond acceptors (Lipinski definition) is 2. The first kappa shape index (κ1) is 12.1. The molecule has 1 aromatic carbocycles. The van der Waals surface area contributed by atoms with Crippen LogP contribution in [0.5, 0.6) is 0 Å². The summed E-state index contributed by atoms with van der Waals surface area (Å²) in [6, 6.07) is 7.98. The van der Waals surface area contributed by atoms with Crippen molar-refractivity contribution in [2.24, 2.45) is 0 Å². The molecule has 1 aromatic rings. The average molecular weight is 232 g/mol. The molecule has 0 aromatic heterocycles. The third-order valence-corrected chi connectivity index (χ3v) is 3.20. The van der Waals surface area contributed by atoms with Gasteiger partial charge in [0.25, 0.3) is 5.91 Å². The standard InChI is InChI=1S/C14H20N2O/c1-11-5-7-12(8-6-11)14(17)16-13-4-2-3-9-15-10-13/h5-8,13,15H,2-4,9-10H2,1H3,(H,16,17). The van der Waals surface area contributed by atoms with Gasteiger partial charge in [-0.1, -0.05) is 24.1 Å². The smallest absolute Gasteiger partial charge is 0.251 e. The zero-order valence-corrected chi connectivity index (χ0v) is 10.3. The molecular weight excluding hydrogens is 212 g/mol. The Morgan fingerprint density at radius 1 is 1.29 bits per heavy atom. The summed E-state index contributed by atoms with van der Waals surface area (Å²) in [6.07, 6.45) is 3.47. The minimum Gasteiger partial charge on any atom is -0.348 e. The van der Waals surface area contributed by atoms with E-state index in [0.717, 1.165) is 25.1 Å². The van der Waals surface area contributed by atoms with Gasteiger partial charge in [-0.15, -0.1) is 0 Å². The van der Waals surface area contributed by atoms with E-state index in [2.05, 4.69) is 10.6 Å². The van der Waals surface area contributed by atoms with Crippen molar-refractivity contribution in [3.05, 3.63) is 35.4 Å². The molecule has 0 saturated carbocycles. The van der Waals surface area contributed by atoms with Crippen LogP contribution in [0.4, 0.5) is 0 Å². The molecule has 3 heteroatoms. The fraction of sp³-hybridized carbons (Fsp3) is 0.500. The Hall–Kier alpha value is -1.35. The van der Waals surface area contributed by atoms with Gasteiger partial charge in [0.05, 0.1) is 0 Å². The summed E-state index contributed by atoms with van der Waals surface area (Å²) in [5, 5.41) is 6.44. The number of nitrogens with one attached hydrogen (secondary N) is 2. The normalized spacial score (nSPS) is 20.6. The number of hydrogen-bond donors (Lipinski definition) is 2. The molecule has 0 aliphatic carbocycles. The Morgan fingerprint density at radius 3 is 2.82 bits per heavy atom. The summed E-state index contributed by atoms with van der Waals surface area (Å²) in [4.78, 5) is 12.0. The summed E-state index contributed by atoms with van der Waals surface area (Å²) in [6.45, 7) is 3.98. The Bertz CT molecular complexity index is 364. The van der Waals surface area contributed by atoms with E-state index in [9.17, 15) is 4.79 Å². The molecule has 2 rings (SSSR count). The molecule has 3 nitrogen and oxygen atoms in total. The highest BCUT2D eigenvalue weighted by Gasteiger charge is 2.15. The predicted molar refractivity (Wildman–Crippen MR) is 69.2 cm³/mol. The van der Waals surface area contributed by atoms with E-state index in [0.29, 0.717) is 0 Å². The quantitative estimate of drug-likeness (QED) is 0.817. The lowest BCUT2D eigenvalue weighted by Crippen LogP contribution is -2.40. The van der Waals surface area contributed by atoms with Crippen LogP contribution in [0.1, 0.15) is 35.2 Å². The van der Waals surface area contributed by atoms with E-state index >= 15 is 0 Å². The van der Waals surface area contributed by atoms with Crippen molar-refractivity contribution in [1.82, 2.24) is 10.6 Å². The Kier molecular flexibility index (Phi) is 4.15. The van der Waals surface area contributed by atoms with Crippen molar-refractivity contribution in [3.63, 3.8) is 0 Å². The number of aryl methyl sites for hydroxylation is 1. The monoisotopic (exact) mass is 232 g/mol. The van der Waals surface area contributed by atoms with Crippen molar-refractivity contribution >= 4 is 5.91 Å². The highest BCUT2D eigenvalue weighted by molar-refractivity contribution is 5.94. The van der Waals surface area contributed by atoms with E-state index in [4.69, 9.17) is 0 Å². The third-order valence-electron chi connectivity index (χ3n) is 3.20. The number of benzene rings is 1. The topological polar surface area (TPSA) is 41.1 Å². The molecule has 92 valence electrons. The number of carbonyl (C=O) groups is 1. The SMILES string of the molecule is Cc1ccc(C(=O)NC2CCCCNC2)cc1. The van der Waals surface area contributed by atoms with Crippen molar-refractivity contribution in [2.75, 3.05) is 13.1 Å². The second-order valence-electron chi connectivity index (χ2n) is 4.74. The van der Waals surface area contributed by atoms with Gasteiger partial charge in [-0.2, -0.15) is 0 Å². The van der Waals surface area contributed by atoms with E-state index in [1.807, 2.05) is 31.2 Å². The average Bonchev–Trinajstić information content (AvgIpc) is 2.58. The molecule has 1 amide bonds. The van der Waals surface area contributed by atoms with Crippen molar-refractivity contribution in [3.8, 4) is 0 Å². The summed E-state index contributed by atoms with van der Waals surface area (Å²) in [7, 11) is 0. The molecule has 0 radical (unpaired) electrons. The number of rotatable bonds is 2. The molecule has 1 atom stereocenters. The highest BCUT2D eigenvalue weighted by Crippen LogP contribution is 2.07. The maximum absolute atomic E-state index is 12.0. The van der Waals surface area contributed by atoms with Gasteiger partial charge in [0.15, 0.2) is 0 Å². The first-order valence-electron chi connectivity index (χ1n) is 6.34. The van der Waals surface area contributed by atoms with Gasteiger partial charge in [0.2, 0.25) is 0 Å². The molecule has 2 N–H and O–H groups in total. The van der Waals surface area contributed by atoms with Gasteiger partial charge < -0.3 is 10.6 Å². The number of amides is 1. The van der Waals surface area contributed by atoms with E-state index < -0.39 is 0 Å². The largest absolute Gasteiger partial charge is 0.348 e. The molecule has 1 fully saturated rings. The maximum Gasteiger partial charge on any atom is 0.251 e. The lowest BCUT2D eigenvalue weighted by molar-refractivity contribution is 0.0935. The van der Waals surface area contributed by atoms with Gasteiger partial charge in [-0.3, -0.25) is 4.79 Å². The molecule has 1 aliphatic heterocycles. The van der Waals surface area contributed by atoms with Crippen LogP contribution in [0, 0.1) is 6.92 Å². The van der Waals surface area contributed by atoms with Gasteiger partial charge in [-0.05, 0) is 38.4 Å². The Morgan fingerprint density at radius 2 is 2.06 bits per heavy atom. The van der Waals surface area contributed by atoms with E-state index in [1.54, 1.807) is 0 Å². The molecule has 17 heavy (non-hydrogen) atoms. The Labute approximate surface area is 103 Å². The van der Waals surface area contributed by atoms with Crippen LogP contribution >= 0.6 is 0 Å². The minimum atomic E-state index is 0.0405. The maximum atomic E-state index is 12.0. The first-order chi connectivity index (χ1) is 8.25. The van der Waals surface area contributed by atoms with Crippen molar-refractivity contribution in [1.29, 1.82) is 0 Å². The summed E-state index contributed by atoms with van der Waals surface area (Å²) < 4.78 is 0. The molecular formula is C14H20N2O. The zero-order valence-electron chi connectivity index (χ0n) is 10.3. The lowest BCUT2D eigenvalue weighted by Gasteiger charge is -2.16. The zero-order chi connectivity index (χ0) is 12.1. The second kappa shape index (κ2) is 5.82. The van der Waals surface area contributed by atoms with Crippen LogP contribution in [0.25, 0.3) is 0 Å². The lowest BCUT2D eigenvalue weighted by atomic mass is 10.1. The van der Waals surface area contributed by atoms with Gasteiger partial charge in [0.1, 0.15) is 0 Å². The van der Waals surface area contributed by atoms with Gasteiger partial charge in [0, 0.05) is 18.2 Å². The summed E-state index contributed by atoms with van der Waals surface area (Å²) in [5.74, 6) is 0.0405. The molecule has 1 unspecified atom stereocenters. The fourth-order valence-corrected chi connectivity index (χ4v) is 2.12. The number of carbonyl (C=O) groups excluding carboxylic acids is 1. The van der Waals surface area contributed by atoms with Crippen molar-refractivity contribution < 1.29 is 4.79 Å². The van der Waals surface area contributed by atoms with Crippen LogP contribution < -0.4 is 10.6 Å². The van der Waals surface area contributed by atoms with Crippen LogP contribution in [-0.2, 0) is 0 Å². The van der Waals surface area contributed by atoms with E-state index in [-0.39, 0.29) is 11.9 Å². The molecule has 0 bridgehead atoms. The fourth-order valence-electron chi connectivity index (χ4n) is 2.12. The molecule has 1 heterocycles. The van der Waals surface area contributed by atoms with Crippen LogP contribution in [0.15, 0.2) is 24.3 Å². The third kappa shape index (κ3) is 3.56. The van der Waals surface area contributed by atoms with Crippen LogP contribution in [0.2, 0.25) is 0 Å². The highest BCUT2D eigenvalue weighted by atomic mass is 16.1. The first-order valence-corrected chi connectivity index (χ1v) is 6.34. The van der Waals surface area contributed by atoms with Crippen molar-refractivity contribution in [2.45, 2.75) is 32.2 Å². The van der Waals surface area contributed by atoms with Crippen LogP contribution in [0.3, 0.4) is 0 Å². The molecule has 0 spiro atoms. The van der Waals surface area contributed by atoms with Crippen LogP contribution in [-0.4, -0.2) is 25.0 Å².